The highest BCUT2D eigenvalue weighted by atomic mass is 32.2. The molecule has 1 fully saturated rings. The molecule has 0 bridgehead atoms. The highest BCUT2D eigenvalue weighted by Crippen LogP contribution is 2.43. The normalized spacial score (nSPS) is 25.3. The lowest BCUT2D eigenvalue weighted by molar-refractivity contribution is -0.270. The molecule has 0 spiro atoms. The van der Waals surface area contributed by atoms with Crippen LogP contribution in [0, 0.1) is 11.6 Å². The van der Waals surface area contributed by atoms with Crippen LogP contribution in [0.3, 0.4) is 0 Å². The van der Waals surface area contributed by atoms with E-state index in [1.807, 2.05) is 0 Å². The zero-order valence-corrected chi connectivity index (χ0v) is 19.0. The van der Waals surface area contributed by atoms with Gasteiger partial charge in [-0.05, 0) is 47.9 Å². The molecule has 2 aromatic rings. The Hall–Kier alpha value is -2.77. The molecule has 0 unspecified atom stereocenters. The predicted octanol–water partition coefficient (Wildman–Crippen LogP) is 3.78. The van der Waals surface area contributed by atoms with Crippen LogP contribution in [-0.2, 0) is 27.7 Å². The first-order chi connectivity index (χ1) is 16.2. The fourth-order valence-corrected chi connectivity index (χ4v) is 5.34. The number of carboxylic acid groups (broad SMARTS) is 1. The number of ether oxygens (including phenoxy) is 1. The van der Waals surface area contributed by atoms with Gasteiger partial charge < -0.3 is 15.2 Å². The maximum absolute atomic E-state index is 14.4. The quantitative estimate of drug-likeness (QED) is 0.596. The molecule has 2 N–H and O–H groups in total. The first-order valence-electron chi connectivity index (χ1n) is 10.5. The molecule has 7 nitrogen and oxygen atoms in total. The summed E-state index contributed by atoms with van der Waals surface area (Å²) in [5, 5.41) is 11.3. The van der Waals surface area contributed by atoms with Gasteiger partial charge in [-0.2, -0.15) is 13.2 Å². The van der Waals surface area contributed by atoms with Crippen molar-refractivity contribution in [1.29, 1.82) is 0 Å². The van der Waals surface area contributed by atoms with E-state index >= 15 is 0 Å². The largest absolute Gasteiger partial charge is 0.465 e. The van der Waals surface area contributed by atoms with Gasteiger partial charge in [0.15, 0.2) is 15.9 Å². The molecular formula is C22H21F5N2O5S. The van der Waals surface area contributed by atoms with E-state index in [2.05, 4.69) is 5.32 Å². The first kappa shape index (κ1) is 25.3. The summed E-state index contributed by atoms with van der Waals surface area (Å²) in [5.41, 5.74) is 0.619. The van der Waals surface area contributed by atoms with E-state index in [1.54, 1.807) is 0 Å². The Labute approximate surface area is 197 Å². The second-order valence-electron chi connectivity index (χ2n) is 8.65. The highest BCUT2D eigenvalue weighted by molar-refractivity contribution is 7.90. The van der Waals surface area contributed by atoms with E-state index in [-0.39, 0.29) is 18.0 Å². The van der Waals surface area contributed by atoms with Crippen molar-refractivity contribution in [3.63, 3.8) is 0 Å². The van der Waals surface area contributed by atoms with Crippen LogP contribution in [0.1, 0.15) is 29.2 Å². The lowest BCUT2D eigenvalue weighted by atomic mass is 9.88. The number of nitrogens with zero attached hydrogens (tertiary/aromatic N) is 1. The van der Waals surface area contributed by atoms with Gasteiger partial charge in [0.1, 0.15) is 17.7 Å². The summed E-state index contributed by atoms with van der Waals surface area (Å²) >= 11 is 0. The third kappa shape index (κ3) is 5.26. The SMILES string of the molecule is CS(=O)(=O)c1ccc2c(c1)CN([C@@H]1C[C@H](NC(=O)O)[C@@H](c3cc(F)ccc3F)O[C@@H]1C(F)(F)F)C2. The van der Waals surface area contributed by atoms with Crippen LogP contribution < -0.4 is 5.32 Å². The van der Waals surface area contributed by atoms with Gasteiger partial charge in [0.05, 0.1) is 10.9 Å². The smallest absolute Gasteiger partial charge is 0.416 e. The van der Waals surface area contributed by atoms with Crippen molar-refractivity contribution in [3.05, 3.63) is 64.7 Å². The van der Waals surface area contributed by atoms with E-state index < -0.39 is 70.0 Å². The molecule has 0 saturated carbocycles. The van der Waals surface area contributed by atoms with Crippen molar-refractivity contribution < 1.29 is 45.0 Å². The van der Waals surface area contributed by atoms with Crippen molar-refractivity contribution in [3.8, 4) is 0 Å². The fraction of sp³-hybridized carbons (Fsp3) is 0.409. The number of hydrogen-bond donors (Lipinski definition) is 2. The molecule has 2 aliphatic heterocycles. The summed E-state index contributed by atoms with van der Waals surface area (Å²) in [6.45, 7) is 0.0108. The molecule has 2 aromatic carbocycles. The average molecular weight is 520 g/mol. The zero-order chi connectivity index (χ0) is 25.7. The number of nitrogens with one attached hydrogen (secondary N) is 1. The molecule has 4 rings (SSSR count). The summed E-state index contributed by atoms with van der Waals surface area (Å²) in [5.74, 6) is -1.95. The Bertz CT molecular complexity index is 1250. The lowest BCUT2D eigenvalue weighted by Crippen LogP contribution is -2.59. The van der Waals surface area contributed by atoms with Crippen molar-refractivity contribution in [1.82, 2.24) is 10.2 Å². The van der Waals surface area contributed by atoms with Crippen molar-refractivity contribution >= 4 is 15.9 Å². The second-order valence-corrected chi connectivity index (χ2v) is 10.7. The van der Waals surface area contributed by atoms with Gasteiger partial charge in [-0.1, -0.05) is 6.07 Å². The highest BCUT2D eigenvalue weighted by Gasteiger charge is 2.54. The Kier molecular flexibility index (Phi) is 6.53. The molecule has 1 amide bonds. The van der Waals surface area contributed by atoms with E-state index in [0.717, 1.165) is 18.4 Å². The molecule has 35 heavy (non-hydrogen) atoms. The van der Waals surface area contributed by atoms with Crippen LogP contribution in [-0.4, -0.2) is 55.1 Å². The minimum absolute atomic E-state index is 0.0254. The van der Waals surface area contributed by atoms with Crippen LogP contribution in [0.2, 0.25) is 0 Å². The van der Waals surface area contributed by atoms with Gasteiger partial charge in [0, 0.05) is 31.0 Å². The van der Waals surface area contributed by atoms with Crippen LogP contribution in [0.5, 0.6) is 0 Å². The van der Waals surface area contributed by atoms with Crippen molar-refractivity contribution in [2.45, 2.75) is 54.9 Å². The number of sulfone groups is 1. The first-order valence-corrected chi connectivity index (χ1v) is 12.4. The molecular weight excluding hydrogens is 499 g/mol. The van der Waals surface area contributed by atoms with Gasteiger partial charge in [-0.25, -0.2) is 22.0 Å². The van der Waals surface area contributed by atoms with E-state index in [4.69, 9.17) is 4.74 Å². The number of fused-ring (bicyclic) bond motifs is 1. The molecule has 1 saturated heterocycles. The maximum atomic E-state index is 14.4. The van der Waals surface area contributed by atoms with Gasteiger partial charge in [0.2, 0.25) is 0 Å². The van der Waals surface area contributed by atoms with Gasteiger partial charge in [-0.3, -0.25) is 4.90 Å². The molecule has 0 aliphatic carbocycles. The Morgan fingerprint density at radius 1 is 1.11 bits per heavy atom. The number of benzene rings is 2. The summed E-state index contributed by atoms with van der Waals surface area (Å²) in [7, 11) is -3.53. The molecule has 13 heteroatoms. The number of hydrogen-bond acceptors (Lipinski definition) is 5. The topological polar surface area (TPSA) is 95.9 Å². The van der Waals surface area contributed by atoms with E-state index in [1.165, 1.54) is 23.1 Å². The fourth-order valence-electron chi connectivity index (χ4n) is 4.66. The van der Waals surface area contributed by atoms with E-state index in [0.29, 0.717) is 17.2 Å². The number of halogens is 5. The summed E-state index contributed by atoms with van der Waals surface area (Å²) in [6.07, 6.45) is -10.0. The van der Waals surface area contributed by atoms with Crippen LogP contribution in [0.25, 0.3) is 0 Å². The Morgan fingerprint density at radius 2 is 1.80 bits per heavy atom. The number of alkyl halides is 3. The average Bonchev–Trinajstić information content (AvgIpc) is 3.17. The predicted molar refractivity (Wildman–Crippen MR) is 112 cm³/mol. The molecule has 0 radical (unpaired) electrons. The monoisotopic (exact) mass is 520 g/mol. The standard InChI is InChI=1S/C22H21F5N2O5S/c1-35(32,33)14-4-2-11-9-29(10-12(11)6-14)18-8-17(28-21(30)31)19(34-20(18)22(25,26)27)15-7-13(23)3-5-16(15)24/h2-7,17-20,28H,8-10H2,1H3,(H,30,31)/t17-,18+,19+,20-/m0/s1. The summed E-state index contributed by atoms with van der Waals surface area (Å²) < 4.78 is 99.6. The number of rotatable bonds is 4. The molecule has 0 aromatic heterocycles. The summed E-state index contributed by atoms with van der Waals surface area (Å²) in [6, 6.07) is 3.80. The number of carbonyl (C=O) groups is 1. The molecule has 2 heterocycles. The third-order valence-corrected chi connectivity index (χ3v) is 7.33. The minimum atomic E-state index is -4.91. The minimum Gasteiger partial charge on any atom is -0.465 e. The van der Waals surface area contributed by atoms with Gasteiger partial charge in [-0.15, -0.1) is 0 Å². The Morgan fingerprint density at radius 3 is 2.43 bits per heavy atom. The van der Waals surface area contributed by atoms with Crippen LogP contribution in [0.4, 0.5) is 26.7 Å². The zero-order valence-electron chi connectivity index (χ0n) is 18.2. The van der Waals surface area contributed by atoms with Gasteiger partial charge in [0.25, 0.3) is 0 Å². The maximum Gasteiger partial charge on any atom is 0.416 e. The van der Waals surface area contributed by atoms with Crippen molar-refractivity contribution in [2.24, 2.45) is 0 Å². The van der Waals surface area contributed by atoms with E-state index in [9.17, 15) is 40.3 Å². The molecule has 190 valence electrons. The second kappa shape index (κ2) is 9.03. The molecule has 2 aliphatic rings. The molecule has 4 atom stereocenters. The third-order valence-electron chi connectivity index (χ3n) is 6.22. The number of amides is 1. The summed E-state index contributed by atoms with van der Waals surface area (Å²) in [4.78, 5) is 12.8. The Balaban J connectivity index is 1.69. The van der Waals surface area contributed by atoms with Gasteiger partial charge >= 0.3 is 12.3 Å². The van der Waals surface area contributed by atoms with Crippen LogP contribution in [0.15, 0.2) is 41.3 Å². The lowest BCUT2D eigenvalue weighted by Gasteiger charge is -2.45. The van der Waals surface area contributed by atoms with Crippen molar-refractivity contribution in [2.75, 3.05) is 6.26 Å². The van der Waals surface area contributed by atoms with Crippen LogP contribution >= 0.6 is 0 Å².